The minimum Gasteiger partial charge on any atom is -0.444 e. The summed E-state index contributed by atoms with van der Waals surface area (Å²) >= 11 is 6.08. The lowest BCUT2D eigenvalue weighted by molar-refractivity contribution is 0.164. The van der Waals surface area contributed by atoms with Crippen LogP contribution in [0.25, 0.3) is 11.0 Å². The first-order chi connectivity index (χ1) is 8.83. The van der Waals surface area contributed by atoms with E-state index in [1.165, 1.54) is 0 Å². The van der Waals surface area contributed by atoms with E-state index in [0.29, 0.717) is 25.0 Å². The van der Waals surface area contributed by atoms with Gasteiger partial charge in [-0.1, -0.05) is 24.3 Å². The van der Waals surface area contributed by atoms with Crippen LogP contribution in [0.2, 0.25) is 5.22 Å². The topological polar surface area (TPSA) is 34.4 Å². The molecule has 0 amide bonds. The first-order valence-corrected chi connectivity index (χ1v) is 6.26. The molecule has 0 fully saturated rings. The second kappa shape index (κ2) is 6.59. The summed E-state index contributed by atoms with van der Waals surface area (Å²) in [6, 6.07) is 7.83. The van der Waals surface area contributed by atoms with Crippen molar-refractivity contribution in [2.75, 3.05) is 19.8 Å². The summed E-state index contributed by atoms with van der Waals surface area (Å²) in [5.41, 5.74) is 1.82. The molecule has 0 aliphatic rings. The Morgan fingerprint density at radius 2 is 2.22 bits per heavy atom. The molecule has 0 saturated carbocycles. The molecule has 96 valence electrons. The Balaban J connectivity index is 1.91. The number of rotatable bonds is 7. The van der Waals surface area contributed by atoms with Gasteiger partial charge in [-0.2, -0.15) is 0 Å². The number of para-hydroxylation sites is 1. The molecule has 0 saturated heterocycles. The summed E-state index contributed by atoms with van der Waals surface area (Å²) < 4.78 is 10.8. The summed E-state index contributed by atoms with van der Waals surface area (Å²) in [7, 11) is 0. The third-order valence-electron chi connectivity index (χ3n) is 2.61. The van der Waals surface area contributed by atoms with E-state index < -0.39 is 0 Å². The van der Waals surface area contributed by atoms with Gasteiger partial charge in [0.1, 0.15) is 5.58 Å². The molecule has 0 aliphatic heterocycles. The van der Waals surface area contributed by atoms with Gasteiger partial charge in [-0.3, -0.25) is 0 Å². The predicted molar refractivity (Wildman–Crippen MR) is 73.9 cm³/mol. The van der Waals surface area contributed by atoms with Crippen LogP contribution >= 0.6 is 11.6 Å². The zero-order chi connectivity index (χ0) is 12.8. The number of fused-ring (bicyclic) bond motifs is 1. The Hall–Kier alpha value is -1.29. The maximum Gasteiger partial charge on any atom is 0.199 e. The molecule has 4 heteroatoms. The van der Waals surface area contributed by atoms with Crippen molar-refractivity contribution < 1.29 is 9.15 Å². The molecule has 1 aromatic heterocycles. The van der Waals surface area contributed by atoms with Gasteiger partial charge in [0.05, 0.1) is 13.2 Å². The standard InChI is InChI=1S/C14H16ClNO2/c1-2-8-17-9-7-16-10-12-11-5-3-4-6-13(11)18-14(12)15/h2-6,16H,1,7-10H2. The number of furan rings is 1. The van der Waals surface area contributed by atoms with Gasteiger partial charge in [-0.05, 0) is 17.7 Å². The average molecular weight is 266 g/mol. The van der Waals surface area contributed by atoms with Gasteiger partial charge < -0.3 is 14.5 Å². The molecule has 3 nitrogen and oxygen atoms in total. The first-order valence-electron chi connectivity index (χ1n) is 5.88. The summed E-state index contributed by atoms with van der Waals surface area (Å²) in [5.74, 6) is 0. The zero-order valence-corrected chi connectivity index (χ0v) is 10.9. The Bertz CT molecular complexity index is 521. The van der Waals surface area contributed by atoms with Crippen LogP contribution in [-0.4, -0.2) is 19.8 Å². The lowest BCUT2D eigenvalue weighted by Crippen LogP contribution is -2.19. The molecule has 2 aromatic rings. The Morgan fingerprint density at radius 3 is 3.06 bits per heavy atom. The Labute approximate surface area is 111 Å². The van der Waals surface area contributed by atoms with Crippen LogP contribution in [0.15, 0.2) is 41.3 Å². The van der Waals surface area contributed by atoms with Gasteiger partial charge in [0.2, 0.25) is 0 Å². The molecule has 1 N–H and O–H groups in total. The summed E-state index contributed by atoms with van der Waals surface area (Å²) in [6.07, 6.45) is 1.74. The zero-order valence-electron chi connectivity index (χ0n) is 10.1. The van der Waals surface area contributed by atoms with Gasteiger partial charge in [0.15, 0.2) is 5.22 Å². The number of hydrogen-bond acceptors (Lipinski definition) is 3. The normalized spacial score (nSPS) is 10.9. The van der Waals surface area contributed by atoms with Crippen molar-refractivity contribution >= 4 is 22.6 Å². The molecular weight excluding hydrogens is 250 g/mol. The fourth-order valence-corrected chi connectivity index (χ4v) is 2.01. The van der Waals surface area contributed by atoms with Crippen molar-refractivity contribution in [2.24, 2.45) is 0 Å². The minimum absolute atomic E-state index is 0.454. The monoisotopic (exact) mass is 265 g/mol. The molecule has 0 unspecified atom stereocenters. The van der Waals surface area contributed by atoms with Crippen molar-refractivity contribution in [1.82, 2.24) is 5.32 Å². The van der Waals surface area contributed by atoms with Crippen LogP contribution in [0, 0.1) is 0 Å². The van der Waals surface area contributed by atoms with Gasteiger partial charge in [-0.25, -0.2) is 0 Å². The van der Waals surface area contributed by atoms with Crippen LogP contribution in [0.1, 0.15) is 5.56 Å². The third kappa shape index (κ3) is 3.13. The van der Waals surface area contributed by atoms with Gasteiger partial charge in [0.25, 0.3) is 0 Å². The molecule has 0 spiro atoms. The molecule has 0 atom stereocenters. The fourth-order valence-electron chi connectivity index (χ4n) is 1.76. The van der Waals surface area contributed by atoms with Gasteiger partial charge in [0, 0.05) is 24.0 Å². The highest BCUT2D eigenvalue weighted by atomic mass is 35.5. The maximum absolute atomic E-state index is 6.08. The highest BCUT2D eigenvalue weighted by Gasteiger charge is 2.10. The van der Waals surface area contributed by atoms with Crippen LogP contribution in [-0.2, 0) is 11.3 Å². The van der Waals surface area contributed by atoms with E-state index in [9.17, 15) is 0 Å². The summed E-state index contributed by atoms with van der Waals surface area (Å²) in [5, 5.41) is 4.79. The highest BCUT2D eigenvalue weighted by molar-refractivity contribution is 6.30. The van der Waals surface area contributed by atoms with E-state index in [1.54, 1.807) is 6.08 Å². The lowest BCUT2D eigenvalue weighted by atomic mass is 10.2. The molecule has 1 heterocycles. The van der Waals surface area contributed by atoms with E-state index in [1.807, 2.05) is 24.3 Å². The smallest absolute Gasteiger partial charge is 0.199 e. The molecule has 2 rings (SSSR count). The average Bonchev–Trinajstić information content (AvgIpc) is 2.70. The van der Waals surface area contributed by atoms with Crippen molar-refractivity contribution in [3.8, 4) is 0 Å². The van der Waals surface area contributed by atoms with Crippen LogP contribution < -0.4 is 5.32 Å². The molecule has 0 radical (unpaired) electrons. The van der Waals surface area contributed by atoms with Crippen LogP contribution in [0.5, 0.6) is 0 Å². The van der Waals surface area contributed by atoms with E-state index in [2.05, 4.69) is 11.9 Å². The van der Waals surface area contributed by atoms with Crippen molar-refractivity contribution in [1.29, 1.82) is 0 Å². The Kier molecular flexibility index (Phi) is 4.81. The lowest BCUT2D eigenvalue weighted by Gasteiger charge is -2.04. The van der Waals surface area contributed by atoms with Crippen molar-refractivity contribution in [2.45, 2.75) is 6.54 Å². The molecule has 0 aliphatic carbocycles. The molecule has 0 bridgehead atoms. The van der Waals surface area contributed by atoms with Crippen LogP contribution in [0.3, 0.4) is 0 Å². The maximum atomic E-state index is 6.08. The quantitative estimate of drug-likeness (QED) is 0.616. The van der Waals surface area contributed by atoms with E-state index in [4.69, 9.17) is 20.8 Å². The number of ether oxygens (including phenoxy) is 1. The SMILES string of the molecule is C=CCOCCNCc1c(Cl)oc2ccccc12. The number of halogens is 1. The largest absolute Gasteiger partial charge is 0.444 e. The molecule has 1 aromatic carbocycles. The van der Waals surface area contributed by atoms with Gasteiger partial charge in [-0.15, -0.1) is 6.58 Å². The second-order valence-electron chi connectivity index (χ2n) is 3.89. The molecular formula is C14H16ClNO2. The van der Waals surface area contributed by atoms with Gasteiger partial charge >= 0.3 is 0 Å². The first kappa shape index (κ1) is 13.1. The summed E-state index contributed by atoms with van der Waals surface area (Å²) in [6.45, 7) is 6.26. The highest BCUT2D eigenvalue weighted by Crippen LogP contribution is 2.29. The van der Waals surface area contributed by atoms with Crippen molar-refractivity contribution in [3.05, 3.63) is 47.7 Å². The number of nitrogens with one attached hydrogen (secondary N) is 1. The number of benzene rings is 1. The predicted octanol–water partition coefficient (Wildman–Crippen LogP) is 3.38. The van der Waals surface area contributed by atoms with E-state index >= 15 is 0 Å². The third-order valence-corrected chi connectivity index (χ3v) is 2.91. The van der Waals surface area contributed by atoms with Crippen LogP contribution in [0.4, 0.5) is 0 Å². The van der Waals surface area contributed by atoms with Crippen molar-refractivity contribution in [3.63, 3.8) is 0 Å². The summed E-state index contributed by atoms with van der Waals surface area (Å²) in [4.78, 5) is 0. The Morgan fingerprint density at radius 1 is 1.39 bits per heavy atom. The fraction of sp³-hybridized carbons (Fsp3) is 0.286. The molecule has 18 heavy (non-hydrogen) atoms. The second-order valence-corrected chi connectivity index (χ2v) is 4.23. The van der Waals surface area contributed by atoms with E-state index in [-0.39, 0.29) is 0 Å². The van der Waals surface area contributed by atoms with E-state index in [0.717, 1.165) is 23.1 Å². The number of hydrogen-bond donors (Lipinski definition) is 1. The minimum atomic E-state index is 0.454.